The van der Waals surface area contributed by atoms with Crippen LogP contribution in [0.2, 0.25) is 0 Å². The highest BCUT2D eigenvalue weighted by molar-refractivity contribution is 7.99. The summed E-state index contributed by atoms with van der Waals surface area (Å²) in [6, 6.07) is 7.26. The first-order valence-electron chi connectivity index (χ1n) is 8.47. The van der Waals surface area contributed by atoms with Gasteiger partial charge in [-0.3, -0.25) is 4.79 Å². The smallest absolute Gasteiger partial charge is 0.257 e. The van der Waals surface area contributed by atoms with E-state index < -0.39 is 9.84 Å². The Bertz CT molecular complexity index is 814. The molecule has 0 spiro atoms. The lowest BCUT2D eigenvalue weighted by Gasteiger charge is -2.28. The molecule has 1 aromatic carbocycles. The Morgan fingerprint density at radius 3 is 2.88 bits per heavy atom. The maximum Gasteiger partial charge on any atom is 0.257 e. The first-order chi connectivity index (χ1) is 12.0. The second-order valence-electron chi connectivity index (χ2n) is 6.23. The molecule has 0 aliphatic carbocycles. The molecule has 0 radical (unpaired) electrons. The number of carbonyl (C=O) groups is 1. The number of aromatic nitrogens is 1. The molecule has 3 rings (SSSR count). The second kappa shape index (κ2) is 7.78. The van der Waals surface area contributed by atoms with Crippen LogP contribution in [-0.4, -0.2) is 54.1 Å². The molecule has 0 N–H and O–H groups in total. The summed E-state index contributed by atoms with van der Waals surface area (Å²) in [5.74, 6) is 0.400. The van der Waals surface area contributed by atoms with Crippen molar-refractivity contribution in [3.8, 4) is 0 Å². The van der Waals surface area contributed by atoms with Gasteiger partial charge in [-0.2, -0.15) is 0 Å². The van der Waals surface area contributed by atoms with Gasteiger partial charge in [0, 0.05) is 12.6 Å². The van der Waals surface area contributed by atoms with Crippen LogP contribution in [0.5, 0.6) is 0 Å². The zero-order chi connectivity index (χ0) is 17.9. The van der Waals surface area contributed by atoms with Crippen molar-refractivity contribution in [1.29, 1.82) is 0 Å². The van der Waals surface area contributed by atoms with Gasteiger partial charge in [0.25, 0.3) is 5.22 Å². The van der Waals surface area contributed by atoms with Gasteiger partial charge < -0.3 is 9.32 Å². The van der Waals surface area contributed by atoms with E-state index in [0.29, 0.717) is 23.8 Å². The largest absolute Gasteiger partial charge is 0.431 e. The Kier molecular flexibility index (Phi) is 5.68. The molecule has 25 heavy (non-hydrogen) atoms. The van der Waals surface area contributed by atoms with Crippen LogP contribution in [0.15, 0.2) is 33.9 Å². The lowest BCUT2D eigenvalue weighted by atomic mass is 10.2. The zero-order valence-electron chi connectivity index (χ0n) is 14.2. The number of benzene rings is 1. The van der Waals surface area contributed by atoms with Crippen molar-refractivity contribution in [3.05, 3.63) is 24.3 Å². The van der Waals surface area contributed by atoms with E-state index in [4.69, 9.17) is 4.42 Å². The van der Waals surface area contributed by atoms with Crippen LogP contribution >= 0.6 is 11.8 Å². The number of amides is 1. The number of oxazole rings is 1. The van der Waals surface area contributed by atoms with Gasteiger partial charge >= 0.3 is 0 Å². The second-order valence-corrected chi connectivity index (χ2v) is 9.39. The van der Waals surface area contributed by atoms with Crippen LogP contribution in [0.3, 0.4) is 0 Å². The average molecular weight is 383 g/mol. The molecule has 2 heterocycles. The predicted molar refractivity (Wildman–Crippen MR) is 98.4 cm³/mol. The number of thioether (sulfide) groups is 1. The highest BCUT2D eigenvalue weighted by atomic mass is 32.2. The average Bonchev–Trinajstić information content (AvgIpc) is 3.16. The number of hydrogen-bond donors (Lipinski definition) is 0. The zero-order valence-corrected chi connectivity index (χ0v) is 15.8. The van der Waals surface area contributed by atoms with E-state index in [0.717, 1.165) is 18.4 Å². The third-order valence-corrected chi connectivity index (χ3v) is 6.88. The number of hydrogen-bond acceptors (Lipinski definition) is 6. The maximum absolute atomic E-state index is 12.7. The summed E-state index contributed by atoms with van der Waals surface area (Å²) < 4.78 is 29.1. The van der Waals surface area contributed by atoms with Crippen LogP contribution in [0.4, 0.5) is 0 Å². The Hall–Kier alpha value is -1.54. The molecule has 1 amide bonds. The summed E-state index contributed by atoms with van der Waals surface area (Å²) >= 11 is 1.26. The van der Waals surface area contributed by atoms with Crippen molar-refractivity contribution in [2.24, 2.45) is 0 Å². The van der Waals surface area contributed by atoms with E-state index in [9.17, 15) is 13.2 Å². The number of fused-ring (bicyclic) bond motifs is 1. The lowest BCUT2D eigenvalue weighted by Crippen LogP contribution is -2.42. The van der Waals surface area contributed by atoms with Crippen molar-refractivity contribution < 1.29 is 17.6 Å². The van der Waals surface area contributed by atoms with Gasteiger partial charge in [0.2, 0.25) is 5.91 Å². The highest BCUT2D eigenvalue weighted by Gasteiger charge is 2.34. The summed E-state index contributed by atoms with van der Waals surface area (Å²) in [6.45, 7) is 2.66. The molecule has 0 bridgehead atoms. The van der Waals surface area contributed by atoms with Gasteiger partial charge in [0.05, 0.1) is 17.3 Å². The van der Waals surface area contributed by atoms with Gasteiger partial charge in [-0.05, 0) is 25.0 Å². The quantitative estimate of drug-likeness (QED) is 0.685. The van der Waals surface area contributed by atoms with Gasteiger partial charge in [0.1, 0.15) is 5.52 Å². The van der Waals surface area contributed by atoms with Crippen molar-refractivity contribution in [2.45, 2.75) is 37.5 Å². The molecule has 6 nitrogen and oxygen atoms in total. The van der Waals surface area contributed by atoms with E-state index >= 15 is 0 Å². The molecule has 1 saturated heterocycles. The number of para-hydroxylation sites is 2. The van der Waals surface area contributed by atoms with Crippen LogP contribution in [0.1, 0.15) is 26.2 Å². The first kappa shape index (κ1) is 18.3. The molecule has 8 heteroatoms. The number of carbonyl (C=O) groups excluding carboxylic acids is 1. The molecule has 1 unspecified atom stereocenters. The molecular formula is C17H22N2O4S2. The fourth-order valence-corrected chi connectivity index (χ4v) is 5.43. The van der Waals surface area contributed by atoms with E-state index in [1.54, 1.807) is 4.90 Å². The summed E-state index contributed by atoms with van der Waals surface area (Å²) in [7, 11) is -3.02. The molecule has 1 fully saturated rings. The summed E-state index contributed by atoms with van der Waals surface area (Å²) in [5.41, 5.74) is 1.46. The van der Waals surface area contributed by atoms with Crippen LogP contribution < -0.4 is 0 Å². The van der Waals surface area contributed by atoms with Crippen LogP contribution in [0.25, 0.3) is 11.1 Å². The molecule has 1 aliphatic rings. The Labute approximate surface area is 151 Å². The number of sulfone groups is 1. The standard InChI is InChI=1S/C17H22N2O4S2/c1-2-3-9-19(13-8-10-25(21,22)12-13)16(20)11-24-17-18-14-6-4-5-7-15(14)23-17/h4-7,13H,2-3,8-12H2,1H3. The van der Waals surface area contributed by atoms with Gasteiger partial charge in [-0.1, -0.05) is 37.2 Å². The highest BCUT2D eigenvalue weighted by Crippen LogP contribution is 2.25. The molecule has 1 aliphatic heterocycles. The van der Waals surface area contributed by atoms with Crippen molar-refractivity contribution in [1.82, 2.24) is 9.88 Å². The SMILES string of the molecule is CCCCN(C(=O)CSc1nc2ccccc2o1)C1CCS(=O)(=O)C1. The molecular weight excluding hydrogens is 360 g/mol. The number of rotatable bonds is 7. The van der Waals surface area contributed by atoms with Gasteiger partial charge in [-0.15, -0.1) is 0 Å². The Morgan fingerprint density at radius 1 is 1.40 bits per heavy atom. The summed E-state index contributed by atoms with van der Waals surface area (Å²) in [4.78, 5) is 18.8. The third-order valence-electron chi connectivity index (χ3n) is 4.32. The van der Waals surface area contributed by atoms with Crippen LogP contribution in [-0.2, 0) is 14.6 Å². The summed E-state index contributed by atoms with van der Waals surface area (Å²) in [6.07, 6.45) is 2.36. The number of unbranched alkanes of at least 4 members (excludes halogenated alkanes) is 1. The van der Waals surface area contributed by atoms with E-state index in [2.05, 4.69) is 11.9 Å². The fourth-order valence-electron chi connectivity index (χ4n) is 2.98. The van der Waals surface area contributed by atoms with Gasteiger partial charge in [-0.25, -0.2) is 13.4 Å². The monoisotopic (exact) mass is 382 g/mol. The van der Waals surface area contributed by atoms with Crippen molar-refractivity contribution >= 4 is 38.6 Å². The predicted octanol–water partition coefficient (Wildman–Crippen LogP) is 2.74. The third kappa shape index (κ3) is 4.55. The van der Waals surface area contributed by atoms with E-state index in [1.807, 2.05) is 24.3 Å². The maximum atomic E-state index is 12.7. The Balaban J connectivity index is 1.65. The van der Waals surface area contributed by atoms with E-state index in [-0.39, 0.29) is 29.2 Å². The van der Waals surface area contributed by atoms with Gasteiger partial charge in [0.15, 0.2) is 15.4 Å². The van der Waals surface area contributed by atoms with Crippen molar-refractivity contribution in [3.63, 3.8) is 0 Å². The van der Waals surface area contributed by atoms with Crippen LogP contribution in [0, 0.1) is 0 Å². The Morgan fingerprint density at radius 2 is 2.20 bits per heavy atom. The topological polar surface area (TPSA) is 80.5 Å². The molecule has 136 valence electrons. The normalized spacial score (nSPS) is 19.3. The molecule has 1 atom stereocenters. The number of nitrogens with zero attached hydrogens (tertiary/aromatic N) is 2. The molecule has 0 saturated carbocycles. The van der Waals surface area contributed by atoms with Crippen molar-refractivity contribution in [2.75, 3.05) is 23.8 Å². The minimum atomic E-state index is -3.02. The fraction of sp³-hybridized carbons (Fsp3) is 0.529. The first-order valence-corrected chi connectivity index (χ1v) is 11.3. The molecule has 2 aromatic rings. The minimum Gasteiger partial charge on any atom is -0.431 e. The summed E-state index contributed by atoms with van der Waals surface area (Å²) in [5, 5.41) is 0.462. The lowest BCUT2D eigenvalue weighted by molar-refractivity contribution is -0.130. The molecule has 1 aromatic heterocycles. The minimum absolute atomic E-state index is 0.0530. The van der Waals surface area contributed by atoms with E-state index in [1.165, 1.54) is 11.8 Å².